The number of nitrogens with zero attached hydrogens (tertiary/aromatic N) is 8. The Morgan fingerprint density at radius 1 is 1.24 bits per heavy atom. The monoisotopic (exact) mass is 398 g/mol. The van der Waals surface area contributed by atoms with Crippen molar-refractivity contribution in [1.82, 2.24) is 14.5 Å². The molecule has 0 unspecified atom stereocenters. The predicted octanol–water partition coefficient (Wildman–Crippen LogP) is 3.22. The maximum absolute atomic E-state index is 11.7. The summed E-state index contributed by atoms with van der Waals surface area (Å²) in [6, 6.07) is 9.96. The summed E-state index contributed by atoms with van der Waals surface area (Å²) < 4.78 is 1.99. The van der Waals surface area contributed by atoms with Gasteiger partial charge >= 0.3 is 5.82 Å². The van der Waals surface area contributed by atoms with Crippen molar-refractivity contribution in [3.8, 4) is 0 Å². The van der Waals surface area contributed by atoms with Crippen molar-refractivity contribution >= 4 is 11.6 Å². The Hall–Kier alpha value is -3.10. The van der Waals surface area contributed by atoms with Crippen LogP contribution in [0, 0.1) is 10.1 Å². The second-order valence-electron chi connectivity index (χ2n) is 6.99. The summed E-state index contributed by atoms with van der Waals surface area (Å²) in [5, 5.41) is 15.3. The molecular weight excluding hydrogens is 372 g/mol. The molecule has 0 N–H and O–H groups in total. The standard InChI is InChI=1S/C19H26N8O2/c1-2-17-22-18(27(28)29)19(26(17)15-16-7-4-3-5-8-16)25-13-11-24(12-14-25)10-6-9-21-23-20/h3-5,7-8H,2,6,9-15H2,1H3. The average Bonchev–Trinajstić information content (AvgIpc) is 3.11. The number of aromatic nitrogens is 2. The minimum Gasteiger partial charge on any atom is -0.358 e. The van der Waals surface area contributed by atoms with Gasteiger partial charge in [-0.2, -0.15) is 0 Å². The van der Waals surface area contributed by atoms with Crippen molar-refractivity contribution in [2.24, 2.45) is 5.11 Å². The fourth-order valence-electron chi connectivity index (χ4n) is 3.71. The molecule has 0 aliphatic carbocycles. The van der Waals surface area contributed by atoms with Gasteiger partial charge in [0.15, 0.2) is 0 Å². The van der Waals surface area contributed by atoms with E-state index in [0.29, 0.717) is 38.4 Å². The van der Waals surface area contributed by atoms with Gasteiger partial charge in [0, 0.05) is 44.1 Å². The molecule has 2 heterocycles. The molecule has 1 saturated heterocycles. The lowest BCUT2D eigenvalue weighted by Gasteiger charge is -2.35. The summed E-state index contributed by atoms with van der Waals surface area (Å²) in [6.07, 6.45) is 1.45. The molecule has 10 nitrogen and oxygen atoms in total. The van der Waals surface area contributed by atoms with E-state index in [-0.39, 0.29) is 10.7 Å². The zero-order valence-corrected chi connectivity index (χ0v) is 16.6. The number of hydrogen-bond acceptors (Lipinski definition) is 6. The first kappa shape index (κ1) is 20.6. The van der Waals surface area contributed by atoms with Crippen molar-refractivity contribution in [3.05, 3.63) is 62.3 Å². The molecule has 1 aromatic heterocycles. The summed E-state index contributed by atoms with van der Waals surface area (Å²) in [5.74, 6) is 1.27. The molecule has 1 fully saturated rings. The number of benzene rings is 1. The van der Waals surface area contributed by atoms with Crippen molar-refractivity contribution in [3.63, 3.8) is 0 Å². The lowest BCUT2D eigenvalue weighted by Crippen LogP contribution is -2.47. The van der Waals surface area contributed by atoms with Gasteiger partial charge in [0.05, 0.1) is 6.54 Å². The Morgan fingerprint density at radius 2 is 1.97 bits per heavy atom. The topological polar surface area (TPSA) is 116 Å². The van der Waals surface area contributed by atoms with Crippen LogP contribution >= 0.6 is 0 Å². The second kappa shape index (κ2) is 9.90. The molecule has 1 aliphatic rings. The summed E-state index contributed by atoms with van der Waals surface area (Å²) in [4.78, 5) is 22.9. The van der Waals surface area contributed by atoms with Gasteiger partial charge in [-0.15, -0.1) is 0 Å². The van der Waals surface area contributed by atoms with E-state index in [1.165, 1.54) is 0 Å². The number of imidazole rings is 1. The molecule has 10 heteroatoms. The van der Waals surface area contributed by atoms with Crippen LogP contribution in [0.1, 0.15) is 24.7 Å². The first-order chi connectivity index (χ1) is 14.1. The Labute approximate surface area is 169 Å². The van der Waals surface area contributed by atoms with Crippen molar-refractivity contribution in [2.75, 3.05) is 44.2 Å². The highest BCUT2D eigenvalue weighted by molar-refractivity contribution is 5.57. The minimum absolute atomic E-state index is 0.0606. The molecule has 0 amide bonds. The van der Waals surface area contributed by atoms with E-state index in [0.717, 1.165) is 37.4 Å². The quantitative estimate of drug-likeness (QED) is 0.161. The normalized spacial score (nSPS) is 14.6. The van der Waals surface area contributed by atoms with Gasteiger partial charge < -0.3 is 15.0 Å². The van der Waals surface area contributed by atoms with Gasteiger partial charge in [0.1, 0.15) is 0 Å². The maximum Gasteiger partial charge on any atom is 0.406 e. The highest BCUT2D eigenvalue weighted by Gasteiger charge is 2.32. The van der Waals surface area contributed by atoms with Gasteiger partial charge in [-0.05, 0) is 34.0 Å². The van der Waals surface area contributed by atoms with Crippen LogP contribution < -0.4 is 4.90 Å². The molecule has 154 valence electrons. The van der Waals surface area contributed by atoms with Gasteiger partial charge in [-0.1, -0.05) is 42.4 Å². The van der Waals surface area contributed by atoms with E-state index < -0.39 is 0 Å². The number of rotatable bonds is 9. The highest BCUT2D eigenvalue weighted by Crippen LogP contribution is 2.31. The Balaban J connectivity index is 1.79. The van der Waals surface area contributed by atoms with E-state index in [9.17, 15) is 10.1 Å². The molecule has 2 aromatic rings. The predicted molar refractivity (Wildman–Crippen MR) is 111 cm³/mol. The van der Waals surface area contributed by atoms with Gasteiger partial charge in [0.25, 0.3) is 0 Å². The molecule has 0 spiro atoms. The number of hydrogen-bond donors (Lipinski definition) is 0. The fraction of sp³-hybridized carbons (Fsp3) is 0.526. The van der Waals surface area contributed by atoms with Crippen LogP contribution in [-0.2, 0) is 13.0 Å². The van der Waals surface area contributed by atoms with Crippen LogP contribution in [0.15, 0.2) is 35.4 Å². The van der Waals surface area contributed by atoms with Crippen LogP contribution in [0.25, 0.3) is 10.4 Å². The Bertz CT molecular complexity index is 868. The molecule has 0 radical (unpaired) electrons. The third kappa shape index (κ3) is 5.04. The molecule has 1 aromatic carbocycles. The summed E-state index contributed by atoms with van der Waals surface area (Å²) in [6.45, 7) is 6.91. The van der Waals surface area contributed by atoms with Crippen molar-refractivity contribution < 1.29 is 4.92 Å². The molecule has 29 heavy (non-hydrogen) atoms. The Morgan fingerprint density at radius 3 is 2.59 bits per heavy atom. The highest BCUT2D eigenvalue weighted by atomic mass is 16.6. The first-order valence-corrected chi connectivity index (χ1v) is 9.90. The molecule has 0 saturated carbocycles. The third-order valence-corrected chi connectivity index (χ3v) is 5.14. The number of azide groups is 1. The first-order valence-electron chi connectivity index (χ1n) is 9.90. The number of piperazine rings is 1. The largest absolute Gasteiger partial charge is 0.406 e. The van der Waals surface area contributed by atoms with Crippen LogP contribution in [0.4, 0.5) is 11.6 Å². The minimum atomic E-state index is -0.373. The zero-order valence-electron chi connectivity index (χ0n) is 16.6. The van der Waals surface area contributed by atoms with Crippen LogP contribution in [0.2, 0.25) is 0 Å². The summed E-state index contributed by atoms with van der Waals surface area (Å²) >= 11 is 0. The molecule has 0 atom stereocenters. The number of nitro groups is 1. The van der Waals surface area contributed by atoms with Crippen LogP contribution in [0.3, 0.4) is 0 Å². The van der Waals surface area contributed by atoms with Gasteiger partial charge in [-0.25, -0.2) is 0 Å². The number of anilines is 1. The van der Waals surface area contributed by atoms with E-state index in [4.69, 9.17) is 5.53 Å². The van der Waals surface area contributed by atoms with E-state index in [1.54, 1.807) is 0 Å². The molecule has 0 bridgehead atoms. The zero-order chi connectivity index (χ0) is 20.6. The SMILES string of the molecule is CCc1nc([N+](=O)[O-])c(N2CCN(CCCN=[N+]=[N-])CC2)n1Cc1ccccc1. The van der Waals surface area contributed by atoms with Crippen molar-refractivity contribution in [1.29, 1.82) is 0 Å². The lowest BCUT2D eigenvalue weighted by atomic mass is 10.2. The van der Waals surface area contributed by atoms with Crippen molar-refractivity contribution in [2.45, 2.75) is 26.3 Å². The molecule has 3 rings (SSSR count). The van der Waals surface area contributed by atoms with E-state index >= 15 is 0 Å². The van der Waals surface area contributed by atoms with Crippen LogP contribution in [-0.4, -0.2) is 58.6 Å². The smallest absolute Gasteiger partial charge is 0.358 e. The number of aryl methyl sites for hydroxylation is 1. The van der Waals surface area contributed by atoms with Gasteiger partial charge in [-0.3, -0.25) is 9.47 Å². The molecule has 1 aliphatic heterocycles. The van der Waals surface area contributed by atoms with E-state index in [1.807, 2.05) is 41.8 Å². The van der Waals surface area contributed by atoms with Gasteiger partial charge in [0.2, 0.25) is 11.6 Å². The fourth-order valence-corrected chi connectivity index (χ4v) is 3.71. The third-order valence-electron chi connectivity index (χ3n) is 5.14. The maximum atomic E-state index is 11.7. The Kier molecular flexibility index (Phi) is 7.04. The second-order valence-corrected chi connectivity index (χ2v) is 6.99. The summed E-state index contributed by atoms with van der Waals surface area (Å²) in [5.41, 5.74) is 9.45. The average molecular weight is 398 g/mol. The van der Waals surface area contributed by atoms with E-state index in [2.05, 4.69) is 24.8 Å². The van der Waals surface area contributed by atoms with Crippen LogP contribution in [0.5, 0.6) is 0 Å². The molecular formula is C19H26N8O2. The lowest BCUT2D eigenvalue weighted by molar-refractivity contribution is -0.388. The summed E-state index contributed by atoms with van der Waals surface area (Å²) in [7, 11) is 0.